The van der Waals surface area contributed by atoms with Crippen molar-refractivity contribution in [2.24, 2.45) is 0 Å². The number of carbonyl (C=O) groups is 2. The van der Waals surface area contributed by atoms with Gasteiger partial charge in [0, 0.05) is 13.1 Å². The first-order chi connectivity index (χ1) is 16.1. The quantitative estimate of drug-likeness (QED) is 0.561. The molecule has 9 nitrogen and oxygen atoms in total. The van der Waals surface area contributed by atoms with E-state index < -0.39 is 34.0 Å². The van der Waals surface area contributed by atoms with Crippen LogP contribution in [0.4, 0.5) is 4.39 Å². The highest BCUT2D eigenvalue weighted by atomic mass is 32.2. The second-order valence-corrected chi connectivity index (χ2v) is 9.62. The molecular weight excluding hydrogens is 467 g/mol. The fraction of sp³-hybridized carbons (Fsp3) is 0.391. The van der Waals surface area contributed by atoms with E-state index in [0.717, 1.165) is 0 Å². The van der Waals surface area contributed by atoms with Crippen molar-refractivity contribution in [3.05, 3.63) is 59.4 Å². The van der Waals surface area contributed by atoms with Crippen LogP contribution in [-0.2, 0) is 24.3 Å². The lowest BCUT2D eigenvalue weighted by molar-refractivity contribution is -0.129. The number of methoxy groups -OCH3 is 1. The second kappa shape index (κ2) is 10.9. The van der Waals surface area contributed by atoms with E-state index in [2.05, 4.69) is 5.32 Å². The Morgan fingerprint density at radius 1 is 1.09 bits per heavy atom. The Kier molecular flexibility index (Phi) is 8.24. The van der Waals surface area contributed by atoms with Crippen LogP contribution in [0.1, 0.15) is 35.8 Å². The van der Waals surface area contributed by atoms with Crippen LogP contribution >= 0.6 is 0 Å². The Labute approximate surface area is 197 Å². The molecule has 2 unspecified atom stereocenters. The van der Waals surface area contributed by atoms with Gasteiger partial charge in [-0.25, -0.2) is 17.6 Å². The number of amides is 1. The standard InChI is InChI=1S/C23H27FN2O7S/c1-15(17-4-7-19(24)8-5-17)25-22(27)16(2)33-23(28)18-6-9-20(31-3)21(14-18)34(29,30)26-10-12-32-13-11-26/h4-9,14-16H,10-13H2,1-3H3,(H,25,27). The van der Waals surface area contributed by atoms with E-state index >= 15 is 0 Å². The smallest absolute Gasteiger partial charge is 0.338 e. The van der Waals surface area contributed by atoms with Crippen molar-refractivity contribution in [2.75, 3.05) is 33.4 Å². The predicted molar refractivity (Wildman–Crippen MR) is 120 cm³/mol. The van der Waals surface area contributed by atoms with Gasteiger partial charge in [-0.2, -0.15) is 4.31 Å². The Morgan fingerprint density at radius 2 is 1.74 bits per heavy atom. The van der Waals surface area contributed by atoms with Gasteiger partial charge in [0.2, 0.25) is 10.0 Å². The van der Waals surface area contributed by atoms with Crippen LogP contribution in [0.5, 0.6) is 5.75 Å². The Bertz CT molecular complexity index is 1130. The van der Waals surface area contributed by atoms with Crippen LogP contribution in [0, 0.1) is 5.82 Å². The average molecular weight is 495 g/mol. The van der Waals surface area contributed by atoms with Gasteiger partial charge in [-0.1, -0.05) is 12.1 Å². The van der Waals surface area contributed by atoms with Crippen molar-refractivity contribution < 1.29 is 36.6 Å². The number of nitrogens with zero attached hydrogens (tertiary/aromatic N) is 1. The van der Waals surface area contributed by atoms with E-state index in [1.54, 1.807) is 19.1 Å². The Morgan fingerprint density at radius 3 is 2.35 bits per heavy atom. The number of sulfonamides is 1. The fourth-order valence-electron chi connectivity index (χ4n) is 3.38. The molecule has 34 heavy (non-hydrogen) atoms. The number of ether oxygens (including phenoxy) is 3. The highest BCUT2D eigenvalue weighted by Gasteiger charge is 2.31. The van der Waals surface area contributed by atoms with E-state index in [-0.39, 0.29) is 48.3 Å². The Hall–Kier alpha value is -3.02. The molecule has 1 aliphatic heterocycles. The van der Waals surface area contributed by atoms with Gasteiger partial charge in [0.15, 0.2) is 6.10 Å². The highest BCUT2D eigenvalue weighted by Crippen LogP contribution is 2.29. The van der Waals surface area contributed by atoms with Gasteiger partial charge in [0.25, 0.3) is 5.91 Å². The molecule has 3 rings (SSSR count). The van der Waals surface area contributed by atoms with Crippen LogP contribution in [-0.4, -0.2) is 64.1 Å². The summed E-state index contributed by atoms with van der Waals surface area (Å²) in [6.07, 6.45) is -1.16. The minimum absolute atomic E-state index is 0.0427. The van der Waals surface area contributed by atoms with Crippen LogP contribution < -0.4 is 10.1 Å². The lowest BCUT2D eigenvalue weighted by Gasteiger charge is -2.26. The summed E-state index contributed by atoms with van der Waals surface area (Å²) in [6, 6.07) is 9.13. The van der Waals surface area contributed by atoms with Crippen molar-refractivity contribution in [1.29, 1.82) is 0 Å². The predicted octanol–water partition coefficient (Wildman–Crippen LogP) is 2.28. The molecule has 184 valence electrons. The van der Waals surface area contributed by atoms with Crippen LogP contribution in [0.15, 0.2) is 47.4 Å². The molecule has 1 aliphatic rings. The van der Waals surface area contributed by atoms with E-state index in [1.165, 1.54) is 48.7 Å². The minimum atomic E-state index is -3.94. The number of morpholine rings is 1. The molecule has 0 bridgehead atoms. The number of hydrogen-bond donors (Lipinski definition) is 1. The number of nitrogens with one attached hydrogen (secondary N) is 1. The summed E-state index contributed by atoms with van der Waals surface area (Å²) in [6.45, 7) is 4.02. The zero-order chi connectivity index (χ0) is 24.9. The van der Waals surface area contributed by atoms with Crippen molar-refractivity contribution in [3.63, 3.8) is 0 Å². The SMILES string of the molecule is COc1ccc(C(=O)OC(C)C(=O)NC(C)c2ccc(F)cc2)cc1S(=O)(=O)N1CCOCC1. The molecule has 1 heterocycles. The average Bonchev–Trinajstić information content (AvgIpc) is 2.84. The van der Waals surface area contributed by atoms with Gasteiger partial charge in [-0.3, -0.25) is 4.79 Å². The molecule has 0 spiro atoms. The van der Waals surface area contributed by atoms with Crippen molar-refractivity contribution >= 4 is 21.9 Å². The van der Waals surface area contributed by atoms with Crippen LogP contribution in [0.25, 0.3) is 0 Å². The Balaban J connectivity index is 1.72. The lowest BCUT2D eigenvalue weighted by atomic mass is 10.1. The number of benzene rings is 2. The second-order valence-electron chi connectivity index (χ2n) is 7.71. The largest absolute Gasteiger partial charge is 0.495 e. The molecule has 2 aromatic carbocycles. The van der Waals surface area contributed by atoms with E-state index in [4.69, 9.17) is 14.2 Å². The summed E-state index contributed by atoms with van der Waals surface area (Å²) in [5.74, 6) is -1.72. The third-order valence-corrected chi connectivity index (χ3v) is 7.29. The monoisotopic (exact) mass is 494 g/mol. The van der Waals surface area contributed by atoms with Gasteiger partial charge in [0.05, 0.1) is 31.9 Å². The highest BCUT2D eigenvalue weighted by molar-refractivity contribution is 7.89. The van der Waals surface area contributed by atoms with Crippen LogP contribution in [0.3, 0.4) is 0 Å². The van der Waals surface area contributed by atoms with Gasteiger partial charge in [0.1, 0.15) is 16.5 Å². The number of hydrogen-bond acceptors (Lipinski definition) is 7. The molecule has 2 atom stereocenters. The summed E-state index contributed by atoms with van der Waals surface area (Å²) in [5.41, 5.74) is 0.639. The first kappa shape index (κ1) is 25.6. The summed E-state index contributed by atoms with van der Waals surface area (Å²) in [5, 5.41) is 2.70. The number of esters is 1. The molecule has 0 saturated carbocycles. The number of carbonyl (C=O) groups excluding carboxylic acids is 2. The summed E-state index contributed by atoms with van der Waals surface area (Å²) in [7, 11) is -2.61. The van der Waals surface area contributed by atoms with Crippen molar-refractivity contribution in [3.8, 4) is 5.75 Å². The molecule has 11 heteroatoms. The van der Waals surface area contributed by atoms with E-state index in [1.807, 2.05) is 0 Å². The zero-order valence-corrected chi connectivity index (χ0v) is 19.9. The fourth-order valence-corrected chi connectivity index (χ4v) is 4.97. The summed E-state index contributed by atoms with van der Waals surface area (Å²) in [4.78, 5) is 25.0. The first-order valence-corrected chi connectivity index (χ1v) is 12.1. The molecule has 0 radical (unpaired) electrons. The molecule has 1 N–H and O–H groups in total. The third kappa shape index (κ3) is 5.91. The first-order valence-electron chi connectivity index (χ1n) is 10.7. The zero-order valence-electron chi connectivity index (χ0n) is 19.1. The molecule has 0 aromatic heterocycles. The maximum atomic E-state index is 13.1. The van der Waals surface area contributed by atoms with E-state index in [0.29, 0.717) is 5.56 Å². The van der Waals surface area contributed by atoms with E-state index in [9.17, 15) is 22.4 Å². The molecular formula is C23H27FN2O7S. The van der Waals surface area contributed by atoms with Gasteiger partial charge < -0.3 is 19.5 Å². The minimum Gasteiger partial charge on any atom is -0.495 e. The topological polar surface area (TPSA) is 111 Å². The van der Waals surface area contributed by atoms with Gasteiger partial charge in [-0.15, -0.1) is 0 Å². The number of rotatable bonds is 8. The molecule has 0 aliphatic carbocycles. The molecule has 1 amide bonds. The van der Waals surface area contributed by atoms with Crippen molar-refractivity contribution in [1.82, 2.24) is 9.62 Å². The molecule has 1 saturated heterocycles. The van der Waals surface area contributed by atoms with Crippen LogP contribution in [0.2, 0.25) is 0 Å². The third-order valence-electron chi connectivity index (χ3n) is 5.37. The number of halogens is 1. The maximum absolute atomic E-state index is 13.1. The summed E-state index contributed by atoms with van der Waals surface area (Å²) < 4.78 is 56.2. The normalized spacial score (nSPS) is 16.4. The van der Waals surface area contributed by atoms with Crippen molar-refractivity contribution in [2.45, 2.75) is 30.9 Å². The summed E-state index contributed by atoms with van der Waals surface area (Å²) >= 11 is 0. The maximum Gasteiger partial charge on any atom is 0.338 e. The molecule has 2 aromatic rings. The van der Waals surface area contributed by atoms with Gasteiger partial charge >= 0.3 is 5.97 Å². The lowest BCUT2D eigenvalue weighted by Crippen LogP contribution is -2.40. The van der Waals surface area contributed by atoms with Gasteiger partial charge in [-0.05, 0) is 49.7 Å². The molecule has 1 fully saturated rings.